The second kappa shape index (κ2) is 3.94. The van der Waals surface area contributed by atoms with Gasteiger partial charge in [0.2, 0.25) is 0 Å². The van der Waals surface area contributed by atoms with Crippen LogP contribution < -0.4 is 4.74 Å². The second-order valence-electron chi connectivity index (χ2n) is 4.17. The molecule has 2 rings (SSSR count). The molecule has 1 atom stereocenters. The van der Waals surface area contributed by atoms with E-state index >= 15 is 0 Å². The maximum absolute atomic E-state index is 9.14. The SMILES string of the molecule is Cc1cc(C)c2c(c1)C(C#N)CCCO2. The van der Waals surface area contributed by atoms with Gasteiger partial charge in [-0.1, -0.05) is 17.7 Å². The highest BCUT2D eigenvalue weighted by Crippen LogP contribution is 2.35. The molecule has 0 aliphatic carbocycles. The van der Waals surface area contributed by atoms with Crippen molar-refractivity contribution in [2.75, 3.05) is 6.61 Å². The summed E-state index contributed by atoms with van der Waals surface area (Å²) in [5.41, 5.74) is 3.43. The molecule has 1 heterocycles. The summed E-state index contributed by atoms with van der Waals surface area (Å²) in [5, 5.41) is 9.14. The van der Waals surface area contributed by atoms with Gasteiger partial charge in [0.05, 0.1) is 18.6 Å². The number of aryl methyl sites for hydroxylation is 2. The predicted octanol–water partition coefficient (Wildman–Crippen LogP) is 3.08. The second-order valence-corrected chi connectivity index (χ2v) is 4.17. The maximum Gasteiger partial charge on any atom is 0.126 e. The van der Waals surface area contributed by atoms with E-state index in [4.69, 9.17) is 10.00 Å². The third-order valence-corrected chi connectivity index (χ3v) is 2.86. The van der Waals surface area contributed by atoms with Crippen LogP contribution in [0.15, 0.2) is 12.1 Å². The lowest BCUT2D eigenvalue weighted by molar-refractivity contribution is 0.314. The van der Waals surface area contributed by atoms with Gasteiger partial charge in [0.25, 0.3) is 0 Å². The highest BCUT2D eigenvalue weighted by molar-refractivity contribution is 5.47. The number of hydrogen-bond acceptors (Lipinski definition) is 2. The summed E-state index contributed by atoms with van der Waals surface area (Å²) in [6.07, 6.45) is 1.87. The molecule has 0 aromatic heterocycles. The summed E-state index contributed by atoms with van der Waals surface area (Å²) in [4.78, 5) is 0. The first-order chi connectivity index (χ1) is 7.22. The van der Waals surface area contributed by atoms with Crippen molar-refractivity contribution in [3.05, 3.63) is 28.8 Å². The molecule has 1 aliphatic heterocycles. The van der Waals surface area contributed by atoms with Crippen molar-refractivity contribution in [3.63, 3.8) is 0 Å². The van der Waals surface area contributed by atoms with Crippen LogP contribution in [0.3, 0.4) is 0 Å². The Bertz CT molecular complexity index is 417. The third kappa shape index (κ3) is 1.83. The van der Waals surface area contributed by atoms with Gasteiger partial charge in [0.1, 0.15) is 5.75 Å². The number of ether oxygens (including phenoxy) is 1. The zero-order valence-corrected chi connectivity index (χ0v) is 9.21. The zero-order valence-electron chi connectivity index (χ0n) is 9.21. The minimum atomic E-state index is 0.00102. The Morgan fingerprint density at radius 2 is 2.20 bits per heavy atom. The molecule has 78 valence electrons. The lowest BCUT2D eigenvalue weighted by Crippen LogP contribution is -1.99. The van der Waals surface area contributed by atoms with Crippen molar-refractivity contribution in [2.45, 2.75) is 32.6 Å². The largest absolute Gasteiger partial charge is 0.493 e. The van der Waals surface area contributed by atoms with Gasteiger partial charge in [0, 0.05) is 5.56 Å². The van der Waals surface area contributed by atoms with Crippen LogP contribution in [-0.2, 0) is 0 Å². The number of hydrogen-bond donors (Lipinski definition) is 0. The average molecular weight is 201 g/mol. The quantitative estimate of drug-likeness (QED) is 0.646. The van der Waals surface area contributed by atoms with E-state index in [0.29, 0.717) is 0 Å². The van der Waals surface area contributed by atoms with E-state index in [1.807, 2.05) is 6.92 Å². The van der Waals surface area contributed by atoms with E-state index in [1.54, 1.807) is 0 Å². The minimum Gasteiger partial charge on any atom is -0.493 e. The fraction of sp³-hybridized carbons (Fsp3) is 0.462. The van der Waals surface area contributed by atoms with Crippen molar-refractivity contribution in [1.82, 2.24) is 0 Å². The number of nitrogens with zero attached hydrogens (tertiary/aromatic N) is 1. The van der Waals surface area contributed by atoms with Crippen LogP contribution in [0.4, 0.5) is 0 Å². The molecule has 1 aromatic rings. The molecule has 0 saturated heterocycles. The van der Waals surface area contributed by atoms with Crippen LogP contribution >= 0.6 is 0 Å². The fourth-order valence-corrected chi connectivity index (χ4v) is 2.19. The molecule has 0 bridgehead atoms. The van der Waals surface area contributed by atoms with E-state index in [2.05, 4.69) is 25.1 Å². The summed E-state index contributed by atoms with van der Waals surface area (Å²) in [6.45, 7) is 4.84. The summed E-state index contributed by atoms with van der Waals surface area (Å²) >= 11 is 0. The summed E-state index contributed by atoms with van der Waals surface area (Å²) in [6, 6.07) is 6.57. The highest BCUT2D eigenvalue weighted by Gasteiger charge is 2.20. The standard InChI is InChI=1S/C13H15NO/c1-9-6-10(2)13-12(7-9)11(8-14)4-3-5-15-13/h6-7,11H,3-5H2,1-2H3. The van der Waals surface area contributed by atoms with Crippen molar-refractivity contribution in [3.8, 4) is 11.8 Å². The highest BCUT2D eigenvalue weighted by atomic mass is 16.5. The number of rotatable bonds is 0. The molecule has 0 N–H and O–H groups in total. The van der Waals surface area contributed by atoms with E-state index in [1.165, 1.54) is 5.56 Å². The smallest absolute Gasteiger partial charge is 0.126 e. The van der Waals surface area contributed by atoms with Gasteiger partial charge in [-0.2, -0.15) is 5.26 Å². The predicted molar refractivity (Wildman–Crippen MR) is 59.0 cm³/mol. The first-order valence-electron chi connectivity index (χ1n) is 5.36. The van der Waals surface area contributed by atoms with Crippen LogP contribution in [0.5, 0.6) is 5.75 Å². The lowest BCUT2D eigenvalue weighted by atomic mass is 9.93. The van der Waals surface area contributed by atoms with E-state index in [9.17, 15) is 0 Å². The molecule has 1 unspecified atom stereocenters. The summed E-state index contributed by atoms with van der Waals surface area (Å²) in [7, 11) is 0. The van der Waals surface area contributed by atoms with Gasteiger partial charge in [-0.25, -0.2) is 0 Å². The van der Waals surface area contributed by atoms with Gasteiger partial charge < -0.3 is 4.74 Å². The van der Waals surface area contributed by atoms with Crippen molar-refractivity contribution in [1.29, 1.82) is 5.26 Å². The molecule has 15 heavy (non-hydrogen) atoms. The van der Waals surface area contributed by atoms with Crippen LogP contribution in [-0.4, -0.2) is 6.61 Å². The average Bonchev–Trinajstić information content (AvgIpc) is 2.39. The van der Waals surface area contributed by atoms with Crippen LogP contribution in [0.2, 0.25) is 0 Å². The topological polar surface area (TPSA) is 33.0 Å². The van der Waals surface area contributed by atoms with Crippen molar-refractivity contribution < 1.29 is 4.74 Å². The Morgan fingerprint density at radius 3 is 2.93 bits per heavy atom. The number of fused-ring (bicyclic) bond motifs is 1. The van der Waals surface area contributed by atoms with Crippen molar-refractivity contribution >= 4 is 0 Å². The first kappa shape index (κ1) is 10.0. The van der Waals surface area contributed by atoms with E-state index in [-0.39, 0.29) is 5.92 Å². The van der Waals surface area contributed by atoms with Crippen molar-refractivity contribution in [2.24, 2.45) is 0 Å². The molecule has 0 saturated carbocycles. The Hall–Kier alpha value is -1.49. The monoisotopic (exact) mass is 201 g/mol. The summed E-state index contributed by atoms with van der Waals surface area (Å²) in [5.74, 6) is 0.936. The Balaban J connectivity index is 2.56. The van der Waals surface area contributed by atoms with Gasteiger partial charge in [-0.05, 0) is 32.3 Å². The van der Waals surface area contributed by atoms with Crippen LogP contribution in [0.25, 0.3) is 0 Å². The maximum atomic E-state index is 9.14. The van der Waals surface area contributed by atoms with Gasteiger partial charge in [-0.3, -0.25) is 0 Å². The minimum absolute atomic E-state index is 0.00102. The zero-order chi connectivity index (χ0) is 10.8. The third-order valence-electron chi connectivity index (χ3n) is 2.86. The summed E-state index contributed by atoms with van der Waals surface area (Å²) < 4.78 is 5.72. The molecular weight excluding hydrogens is 186 g/mol. The first-order valence-corrected chi connectivity index (χ1v) is 5.36. The van der Waals surface area contributed by atoms with Crippen LogP contribution in [0, 0.1) is 25.2 Å². The fourth-order valence-electron chi connectivity index (χ4n) is 2.19. The Kier molecular flexibility index (Phi) is 2.64. The van der Waals surface area contributed by atoms with E-state index in [0.717, 1.165) is 36.3 Å². The number of benzene rings is 1. The molecule has 0 amide bonds. The molecular formula is C13H15NO. The molecule has 0 spiro atoms. The van der Waals surface area contributed by atoms with Gasteiger partial charge >= 0.3 is 0 Å². The Morgan fingerprint density at radius 1 is 1.40 bits per heavy atom. The van der Waals surface area contributed by atoms with Gasteiger partial charge in [0.15, 0.2) is 0 Å². The van der Waals surface area contributed by atoms with Crippen LogP contribution in [0.1, 0.15) is 35.4 Å². The molecule has 1 aromatic carbocycles. The molecule has 1 aliphatic rings. The molecule has 2 heteroatoms. The molecule has 2 nitrogen and oxygen atoms in total. The number of nitriles is 1. The molecule has 0 fully saturated rings. The molecule has 0 radical (unpaired) electrons. The Labute approximate surface area is 90.5 Å². The van der Waals surface area contributed by atoms with Gasteiger partial charge in [-0.15, -0.1) is 0 Å². The normalized spacial score (nSPS) is 19.7. The van der Waals surface area contributed by atoms with E-state index < -0.39 is 0 Å². The lowest BCUT2D eigenvalue weighted by Gasteiger charge is -2.13.